The van der Waals surface area contributed by atoms with Crippen LogP contribution in [0.2, 0.25) is 0 Å². The van der Waals surface area contributed by atoms with Crippen LogP contribution in [0.1, 0.15) is 11.1 Å². The number of hydrogen-bond acceptors (Lipinski definition) is 3. The monoisotopic (exact) mass is 328 g/mol. The van der Waals surface area contributed by atoms with Gasteiger partial charge in [-0.25, -0.2) is 21.9 Å². The molecule has 0 aliphatic rings. The molecule has 0 radical (unpaired) electrons. The van der Waals surface area contributed by atoms with Crippen LogP contribution in [0.15, 0.2) is 24.3 Å². The number of alkyl halides is 4. The molecule has 0 amide bonds. The maximum absolute atomic E-state index is 12.7. The molecule has 0 aliphatic carbocycles. The van der Waals surface area contributed by atoms with E-state index in [0.29, 0.717) is 12.1 Å². The third-order valence-corrected chi connectivity index (χ3v) is 3.87. The Morgan fingerprint density at radius 2 is 1.86 bits per heavy atom. The quantitative estimate of drug-likeness (QED) is 0.715. The zero-order valence-electron chi connectivity index (χ0n) is 11.2. The van der Waals surface area contributed by atoms with Crippen LogP contribution in [0.3, 0.4) is 0 Å². The molecule has 4 nitrogen and oxygen atoms in total. The summed E-state index contributed by atoms with van der Waals surface area (Å²) < 4.78 is 74.1. The number of halogens is 4. The second-order valence-corrected chi connectivity index (χ2v) is 6.30. The van der Waals surface area contributed by atoms with Crippen molar-refractivity contribution in [2.24, 2.45) is 0 Å². The van der Waals surface area contributed by atoms with Crippen LogP contribution < -0.4 is 10.0 Å². The summed E-state index contributed by atoms with van der Waals surface area (Å²) in [6.45, 7) is -1.10. The maximum atomic E-state index is 12.7. The first kappa shape index (κ1) is 17.9. The number of nitrogens with one attached hydrogen (secondary N) is 2. The molecule has 1 aromatic carbocycles. The highest BCUT2D eigenvalue weighted by molar-refractivity contribution is 7.88. The first-order valence-electron chi connectivity index (χ1n) is 6.02. The second kappa shape index (κ2) is 7.19. The summed E-state index contributed by atoms with van der Waals surface area (Å²) in [7, 11) is -2.40. The normalized spacial score (nSPS) is 12.9. The fourth-order valence-corrected chi connectivity index (χ4v) is 2.72. The summed E-state index contributed by atoms with van der Waals surface area (Å²) in [5, 5.41) is 2.88. The second-order valence-electron chi connectivity index (χ2n) is 4.49. The molecule has 0 aromatic heterocycles. The number of sulfonamides is 1. The molecule has 0 saturated carbocycles. The lowest BCUT2D eigenvalue weighted by Gasteiger charge is -2.16. The van der Waals surface area contributed by atoms with E-state index in [-0.39, 0.29) is 0 Å². The average molecular weight is 328 g/mol. The molecule has 0 unspecified atom stereocenters. The predicted octanol–water partition coefficient (Wildman–Crippen LogP) is 1.73. The molecule has 0 saturated heterocycles. The fraction of sp³-hybridized carbons (Fsp3) is 0.500. The van der Waals surface area contributed by atoms with Gasteiger partial charge in [-0.3, -0.25) is 0 Å². The minimum absolute atomic E-state index is 0.385. The Balaban J connectivity index is 2.70. The van der Waals surface area contributed by atoms with Crippen molar-refractivity contribution in [3.63, 3.8) is 0 Å². The maximum Gasteiger partial charge on any atom is 0.320 e. The van der Waals surface area contributed by atoms with Crippen molar-refractivity contribution in [1.82, 2.24) is 10.0 Å². The number of benzene rings is 1. The summed E-state index contributed by atoms with van der Waals surface area (Å²) in [5.74, 6) is -4.94. The van der Waals surface area contributed by atoms with Gasteiger partial charge < -0.3 is 5.32 Å². The van der Waals surface area contributed by atoms with E-state index in [2.05, 4.69) is 5.32 Å². The highest BCUT2D eigenvalue weighted by Gasteiger charge is 2.41. The Morgan fingerprint density at radius 3 is 2.43 bits per heavy atom. The van der Waals surface area contributed by atoms with Gasteiger partial charge in [0.25, 0.3) is 0 Å². The minimum atomic E-state index is -4.39. The molecule has 1 rings (SSSR count). The van der Waals surface area contributed by atoms with Crippen LogP contribution in [-0.2, 0) is 22.3 Å². The standard InChI is InChI=1S/C12H16F4N2O2S/c1-17-6-9-3-2-4-10(5-9)7-21(19,20)18-8-12(15,16)11(13)14/h2-5,11,17-18H,6-8H2,1H3. The Hall–Kier alpha value is -1.19. The van der Waals surface area contributed by atoms with Crippen LogP contribution in [0, 0.1) is 0 Å². The van der Waals surface area contributed by atoms with E-state index in [9.17, 15) is 26.0 Å². The van der Waals surface area contributed by atoms with Crippen molar-refractivity contribution in [2.75, 3.05) is 13.6 Å². The fourth-order valence-electron chi connectivity index (χ4n) is 1.59. The summed E-state index contributed by atoms with van der Waals surface area (Å²) in [4.78, 5) is 0. The first-order chi connectivity index (χ1) is 9.66. The van der Waals surface area contributed by atoms with E-state index in [0.717, 1.165) is 5.56 Å². The zero-order valence-corrected chi connectivity index (χ0v) is 12.1. The molecule has 0 atom stereocenters. The lowest BCUT2D eigenvalue weighted by atomic mass is 10.1. The number of hydrogen-bond donors (Lipinski definition) is 2. The van der Waals surface area contributed by atoms with Crippen molar-refractivity contribution >= 4 is 10.0 Å². The van der Waals surface area contributed by atoms with E-state index < -0.39 is 34.7 Å². The predicted molar refractivity (Wildman–Crippen MR) is 70.8 cm³/mol. The van der Waals surface area contributed by atoms with Gasteiger partial charge in [-0.15, -0.1) is 0 Å². The van der Waals surface area contributed by atoms with E-state index in [4.69, 9.17) is 0 Å². The molecule has 2 N–H and O–H groups in total. The topological polar surface area (TPSA) is 58.2 Å². The van der Waals surface area contributed by atoms with Crippen molar-refractivity contribution in [1.29, 1.82) is 0 Å². The summed E-state index contributed by atoms with van der Waals surface area (Å²) in [6, 6.07) is 6.51. The molecule has 0 bridgehead atoms. The minimum Gasteiger partial charge on any atom is -0.316 e. The van der Waals surface area contributed by atoms with Crippen LogP contribution in [0.4, 0.5) is 17.6 Å². The van der Waals surface area contributed by atoms with Gasteiger partial charge >= 0.3 is 12.3 Å². The summed E-state index contributed by atoms with van der Waals surface area (Å²) in [5.41, 5.74) is 1.21. The van der Waals surface area contributed by atoms with Crippen LogP contribution >= 0.6 is 0 Å². The van der Waals surface area contributed by atoms with Crippen molar-refractivity contribution in [3.8, 4) is 0 Å². The molecular formula is C12H16F4N2O2S. The van der Waals surface area contributed by atoms with Gasteiger partial charge in [-0.1, -0.05) is 24.3 Å². The molecule has 9 heteroatoms. The highest BCUT2D eigenvalue weighted by Crippen LogP contribution is 2.22. The van der Waals surface area contributed by atoms with Crippen molar-refractivity contribution in [3.05, 3.63) is 35.4 Å². The molecule has 0 heterocycles. The van der Waals surface area contributed by atoms with Gasteiger partial charge in [0.05, 0.1) is 12.3 Å². The van der Waals surface area contributed by atoms with E-state index >= 15 is 0 Å². The molecule has 21 heavy (non-hydrogen) atoms. The van der Waals surface area contributed by atoms with E-state index in [1.165, 1.54) is 10.8 Å². The Labute approximate surface area is 120 Å². The van der Waals surface area contributed by atoms with Gasteiger partial charge in [-0.2, -0.15) is 8.78 Å². The zero-order chi connectivity index (χ0) is 16.1. The van der Waals surface area contributed by atoms with Gasteiger partial charge in [0, 0.05) is 6.54 Å². The van der Waals surface area contributed by atoms with Gasteiger partial charge in [0.1, 0.15) is 0 Å². The molecule has 0 aliphatic heterocycles. The van der Waals surface area contributed by atoms with Gasteiger partial charge in [0.2, 0.25) is 10.0 Å². The Morgan fingerprint density at radius 1 is 1.24 bits per heavy atom. The van der Waals surface area contributed by atoms with Crippen LogP contribution in [0.25, 0.3) is 0 Å². The SMILES string of the molecule is CNCc1cccc(CS(=O)(=O)NCC(F)(F)C(F)F)c1. The van der Waals surface area contributed by atoms with Crippen molar-refractivity contribution in [2.45, 2.75) is 24.6 Å². The summed E-state index contributed by atoms with van der Waals surface area (Å²) >= 11 is 0. The lowest BCUT2D eigenvalue weighted by molar-refractivity contribution is -0.122. The Bertz CT molecular complexity index is 564. The largest absolute Gasteiger partial charge is 0.320 e. The third kappa shape index (κ3) is 5.98. The van der Waals surface area contributed by atoms with Crippen molar-refractivity contribution < 1.29 is 26.0 Å². The van der Waals surface area contributed by atoms with E-state index in [1.54, 1.807) is 25.2 Å². The average Bonchev–Trinajstić information content (AvgIpc) is 2.37. The lowest BCUT2D eigenvalue weighted by Crippen LogP contribution is -2.41. The van der Waals surface area contributed by atoms with Gasteiger partial charge in [-0.05, 0) is 18.2 Å². The van der Waals surface area contributed by atoms with Gasteiger partial charge in [0.15, 0.2) is 0 Å². The first-order valence-corrected chi connectivity index (χ1v) is 7.67. The molecular weight excluding hydrogens is 312 g/mol. The third-order valence-electron chi connectivity index (χ3n) is 2.58. The van der Waals surface area contributed by atoms with Crippen LogP contribution in [-0.4, -0.2) is 34.4 Å². The Kier molecular flexibility index (Phi) is 6.11. The number of rotatable bonds is 8. The highest BCUT2D eigenvalue weighted by atomic mass is 32.2. The van der Waals surface area contributed by atoms with E-state index in [1.807, 2.05) is 0 Å². The molecule has 120 valence electrons. The summed E-state index contributed by atoms with van der Waals surface area (Å²) in [6.07, 6.45) is -3.92. The smallest absolute Gasteiger partial charge is 0.316 e. The molecule has 1 aromatic rings. The molecule has 0 spiro atoms. The van der Waals surface area contributed by atoms with Crippen LogP contribution in [0.5, 0.6) is 0 Å². The molecule has 0 fully saturated rings.